The van der Waals surface area contributed by atoms with Gasteiger partial charge in [-0.2, -0.15) is 13.2 Å². The Labute approximate surface area is 109 Å². The summed E-state index contributed by atoms with van der Waals surface area (Å²) >= 11 is 5.64. The van der Waals surface area contributed by atoms with E-state index in [1.165, 1.54) is 6.07 Å². The number of benzene rings is 1. The Morgan fingerprint density at radius 2 is 1.89 bits per heavy atom. The van der Waals surface area contributed by atoms with E-state index in [0.717, 1.165) is 12.1 Å². The third-order valence-electron chi connectivity index (χ3n) is 2.66. The average molecular weight is 282 g/mol. The van der Waals surface area contributed by atoms with Crippen molar-refractivity contribution in [1.82, 2.24) is 0 Å². The average Bonchev–Trinajstić information content (AvgIpc) is 2.25. The van der Waals surface area contributed by atoms with Crippen LogP contribution in [0.1, 0.15) is 25.8 Å². The predicted octanol–water partition coefficient (Wildman–Crippen LogP) is 3.93. The number of nitrogens with one attached hydrogen (secondary N) is 1. The lowest BCUT2D eigenvalue weighted by atomic mass is 10.0. The van der Waals surface area contributed by atoms with Gasteiger partial charge in [-0.25, -0.2) is 0 Å². The van der Waals surface area contributed by atoms with Crippen LogP contribution in [0.3, 0.4) is 0 Å². The van der Waals surface area contributed by atoms with Gasteiger partial charge in [0.05, 0.1) is 11.2 Å². The summed E-state index contributed by atoms with van der Waals surface area (Å²) < 4.78 is 37.7. The standard InChI is InChI=1S/C12H15ClF3NO/c1-3-11(2,18)7-17-10-5-8(12(14,15)16)4-9(13)6-10/h4-6,17-18H,3,7H2,1-2H3. The molecule has 0 saturated heterocycles. The van der Waals surface area contributed by atoms with Crippen LogP contribution in [-0.4, -0.2) is 17.3 Å². The van der Waals surface area contributed by atoms with Crippen LogP contribution in [0.15, 0.2) is 18.2 Å². The van der Waals surface area contributed by atoms with Gasteiger partial charge in [0.25, 0.3) is 0 Å². The molecule has 2 nitrogen and oxygen atoms in total. The van der Waals surface area contributed by atoms with Crippen LogP contribution in [0.4, 0.5) is 18.9 Å². The first-order chi connectivity index (χ1) is 8.14. The zero-order chi connectivity index (χ0) is 14.0. The fourth-order valence-electron chi connectivity index (χ4n) is 1.27. The maximum absolute atomic E-state index is 12.6. The molecule has 0 bridgehead atoms. The molecule has 1 aromatic carbocycles. The van der Waals surface area contributed by atoms with Gasteiger partial charge in [-0.1, -0.05) is 18.5 Å². The van der Waals surface area contributed by atoms with Gasteiger partial charge in [0, 0.05) is 17.3 Å². The monoisotopic (exact) mass is 281 g/mol. The van der Waals surface area contributed by atoms with Gasteiger partial charge in [0.2, 0.25) is 0 Å². The van der Waals surface area contributed by atoms with E-state index < -0.39 is 17.3 Å². The van der Waals surface area contributed by atoms with Crippen molar-refractivity contribution in [3.05, 3.63) is 28.8 Å². The predicted molar refractivity (Wildman–Crippen MR) is 65.9 cm³/mol. The molecule has 1 aromatic rings. The maximum atomic E-state index is 12.6. The van der Waals surface area contributed by atoms with Gasteiger partial charge in [-0.05, 0) is 31.5 Å². The number of halogens is 4. The lowest BCUT2D eigenvalue weighted by Gasteiger charge is -2.22. The molecule has 0 fully saturated rings. The summed E-state index contributed by atoms with van der Waals surface area (Å²) in [4.78, 5) is 0. The van der Waals surface area contributed by atoms with Gasteiger partial charge < -0.3 is 10.4 Å². The number of hydrogen-bond donors (Lipinski definition) is 2. The van der Waals surface area contributed by atoms with Crippen molar-refractivity contribution in [1.29, 1.82) is 0 Å². The summed E-state index contributed by atoms with van der Waals surface area (Å²) in [5.41, 5.74) is -1.54. The minimum Gasteiger partial charge on any atom is -0.388 e. The van der Waals surface area contributed by atoms with Crippen molar-refractivity contribution < 1.29 is 18.3 Å². The van der Waals surface area contributed by atoms with Crippen molar-refractivity contribution in [3.8, 4) is 0 Å². The van der Waals surface area contributed by atoms with E-state index in [1.54, 1.807) is 13.8 Å². The normalized spacial score (nSPS) is 15.3. The molecule has 0 heterocycles. The highest BCUT2D eigenvalue weighted by atomic mass is 35.5. The van der Waals surface area contributed by atoms with Crippen LogP contribution in [-0.2, 0) is 6.18 Å². The molecule has 2 N–H and O–H groups in total. The van der Waals surface area contributed by atoms with E-state index in [9.17, 15) is 18.3 Å². The van der Waals surface area contributed by atoms with Crippen molar-refractivity contribution in [2.24, 2.45) is 0 Å². The molecule has 18 heavy (non-hydrogen) atoms. The fraction of sp³-hybridized carbons (Fsp3) is 0.500. The van der Waals surface area contributed by atoms with Crippen molar-refractivity contribution in [2.45, 2.75) is 32.0 Å². The summed E-state index contributed by atoms with van der Waals surface area (Å²) in [5.74, 6) is 0. The second kappa shape index (κ2) is 5.36. The Morgan fingerprint density at radius 1 is 1.28 bits per heavy atom. The van der Waals surface area contributed by atoms with Crippen LogP contribution >= 0.6 is 11.6 Å². The smallest absolute Gasteiger partial charge is 0.388 e. The molecule has 0 radical (unpaired) electrons. The molecular formula is C12H15ClF3NO. The van der Waals surface area contributed by atoms with Gasteiger partial charge in [0.1, 0.15) is 0 Å². The lowest BCUT2D eigenvalue weighted by molar-refractivity contribution is -0.137. The van der Waals surface area contributed by atoms with Gasteiger partial charge in [-0.3, -0.25) is 0 Å². The first-order valence-corrected chi connectivity index (χ1v) is 5.86. The van der Waals surface area contributed by atoms with Crippen LogP contribution in [0, 0.1) is 0 Å². The third-order valence-corrected chi connectivity index (χ3v) is 2.88. The first kappa shape index (κ1) is 15.1. The molecule has 0 aliphatic heterocycles. The van der Waals surface area contributed by atoms with E-state index in [0.29, 0.717) is 6.42 Å². The Hall–Kier alpha value is -0.940. The quantitative estimate of drug-likeness (QED) is 0.876. The molecule has 1 atom stereocenters. The molecule has 0 aromatic heterocycles. The summed E-state index contributed by atoms with van der Waals surface area (Å²) in [6, 6.07) is 3.23. The minimum atomic E-state index is -4.44. The highest BCUT2D eigenvalue weighted by Gasteiger charge is 2.31. The van der Waals surface area contributed by atoms with Crippen LogP contribution in [0.5, 0.6) is 0 Å². The van der Waals surface area contributed by atoms with Crippen molar-refractivity contribution >= 4 is 17.3 Å². The molecule has 1 rings (SSSR count). The zero-order valence-electron chi connectivity index (χ0n) is 10.1. The minimum absolute atomic E-state index is 0.00321. The highest BCUT2D eigenvalue weighted by Crippen LogP contribution is 2.33. The molecule has 102 valence electrons. The molecule has 6 heteroatoms. The number of aliphatic hydroxyl groups is 1. The van der Waals surface area contributed by atoms with E-state index in [1.807, 2.05) is 0 Å². The van der Waals surface area contributed by atoms with Crippen LogP contribution < -0.4 is 5.32 Å². The lowest BCUT2D eigenvalue weighted by Crippen LogP contribution is -2.32. The maximum Gasteiger partial charge on any atom is 0.416 e. The second-order valence-corrected chi connectivity index (χ2v) is 4.87. The molecule has 1 unspecified atom stereocenters. The molecule has 0 aliphatic rings. The summed E-state index contributed by atoms with van der Waals surface area (Å²) in [5, 5.41) is 12.5. The number of rotatable bonds is 4. The Morgan fingerprint density at radius 3 is 2.39 bits per heavy atom. The summed E-state index contributed by atoms with van der Waals surface area (Å²) in [6.45, 7) is 3.55. The molecule has 0 aliphatic carbocycles. The largest absolute Gasteiger partial charge is 0.416 e. The Balaban J connectivity index is 2.88. The molecule has 0 saturated carbocycles. The highest BCUT2D eigenvalue weighted by molar-refractivity contribution is 6.30. The summed E-state index contributed by atoms with van der Waals surface area (Å²) in [7, 11) is 0. The van der Waals surface area contributed by atoms with Crippen LogP contribution in [0.25, 0.3) is 0 Å². The SMILES string of the molecule is CCC(C)(O)CNc1cc(Cl)cc(C(F)(F)F)c1. The first-order valence-electron chi connectivity index (χ1n) is 5.48. The third kappa shape index (κ3) is 4.38. The molecule has 0 amide bonds. The van der Waals surface area contributed by atoms with E-state index in [-0.39, 0.29) is 17.3 Å². The van der Waals surface area contributed by atoms with E-state index in [2.05, 4.69) is 5.32 Å². The second-order valence-electron chi connectivity index (χ2n) is 4.43. The van der Waals surface area contributed by atoms with E-state index in [4.69, 9.17) is 11.6 Å². The molecular weight excluding hydrogens is 267 g/mol. The van der Waals surface area contributed by atoms with Gasteiger partial charge in [0.15, 0.2) is 0 Å². The van der Waals surface area contributed by atoms with E-state index >= 15 is 0 Å². The fourth-order valence-corrected chi connectivity index (χ4v) is 1.51. The topological polar surface area (TPSA) is 32.3 Å². The van der Waals surface area contributed by atoms with Crippen molar-refractivity contribution in [2.75, 3.05) is 11.9 Å². The number of alkyl halides is 3. The number of anilines is 1. The van der Waals surface area contributed by atoms with Crippen molar-refractivity contribution in [3.63, 3.8) is 0 Å². The number of hydrogen-bond acceptors (Lipinski definition) is 2. The summed E-state index contributed by atoms with van der Waals surface area (Å²) in [6.07, 6.45) is -3.94. The van der Waals surface area contributed by atoms with Crippen LogP contribution in [0.2, 0.25) is 5.02 Å². The zero-order valence-corrected chi connectivity index (χ0v) is 10.9. The van der Waals surface area contributed by atoms with Gasteiger partial charge in [-0.15, -0.1) is 0 Å². The Kier molecular flexibility index (Phi) is 4.50. The Bertz CT molecular complexity index is 418. The molecule has 0 spiro atoms. The van der Waals surface area contributed by atoms with Gasteiger partial charge >= 0.3 is 6.18 Å².